The molecule has 1 N–H and O–H groups in total. The molecule has 2 aromatic rings. The van der Waals surface area contributed by atoms with Crippen LogP contribution in [0.5, 0.6) is 0 Å². The van der Waals surface area contributed by atoms with Gasteiger partial charge in [0.15, 0.2) is 0 Å². The van der Waals surface area contributed by atoms with E-state index in [0.717, 1.165) is 38.0 Å². The predicted octanol–water partition coefficient (Wildman–Crippen LogP) is 3.96. The van der Waals surface area contributed by atoms with Crippen molar-refractivity contribution in [1.82, 2.24) is 15.1 Å². The summed E-state index contributed by atoms with van der Waals surface area (Å²) >= 11 is 1.53. The summed E-state index contributed by atoms with van der Waals surface area (Å²) in [4.78, 5) is 30.0. The first-order valence-electron chi connectivity index (χ1n) is 11.3. The molecule has 0 bridgehead atoms. The van der Waals surface area contributed by atoms with Crippen LogP contribution < -0.4 is 5.32 Å². The Labute approximate surface area is 193 Å². The zero-order valence-corrected chi connectivity index (χ0v) is 19.2. The van der Waals surface area contributed by atoms with Crippen LogP contribution in [0.2, 0.25) is 0 Å². The molecular weight excluding hydrogens is 425 g/mol. The van der Waals surface area contributed by atoms with Crippen LogP contribution in [-0.4, -0.2) is 52.5 Å². The van der Waals surface area contributed by atoms with Crippen molar-refractivity contribution < 1.29 is 14.0 Å². The Kier molecular flexibility index (Phi) is 7.48. The van der Waals surface area contributed by atoms with E-state index in [4.69, 9.17) is 0 Å². The molecule has 5 nitrogen and oxygen atoms in total. The Morgan fingerprint density at radius 3 is 2.53 bits per heavy atom. The lowest BCUT2D eigenvalue weighted by Crippen LogP contribution is -2.52. The van der Waals surface area contributed by atoms with Gasteiger partial charge in [-0.3, -0.25) is 14.5 Å². The van der Waals surface area contributed by atoms with Crippen LogP contribution in [0.15, 0.2) is 54.6 Å². The van der Waals surface area contributed by atoms with Crippen molar-refractivity contribution in [2.75, 3.05) is 18.8 Å². The van der Waals surface area contributed by atoms with E-state index in [9.17, 15) is 14.0 Å². The van der Waals surface area contributed by atoms with Crippen molar-refractivity contribution in [3.05, 3.63) is 71.5 Å². The second-order valence-electron chi connectivity index (χ2n) is 8.46. The van der Waals surface area contributed by atoms with Gasteiger partial charge >= 0.3 is 0 Å². The number of carbonyl (C=O) groups excluding carboxylic acids is 2. The fourth-order valence-corrected chi connectivity index (χ4v) is 5.93. The third-order valence-corrected chi connectivity index (χ3v) is 7.53. The summed E-state index contributed by atoms with van der Waals surface area (Å²) in [6, 6.07) is 16.3. The summed E-state index contributed by atoms with van der Waals surface area (Å²) in [7, 11) is 0. The topological polar surface area (TPSA) is 52.7 Å². The Morgan fingerprint density at radius 2 is 1.84 bits per heavy atom. The van der Waals surface area contributed by atoms with Gasteiger partial charge in [0.1, 0.15) is 17.2 Å². The van der Waals surface area contributed by atoms with E-state index in [-0.39, 0.29) is 29.0 Å². The molecule has 2 aliphatic heterocycles. The monoisotopic (exact) mass is 455 g/mol. The minimum atomic E-state index is -0.525. The number of hydrogen-bond acceptors (Lipinski definition) is 4. The van der Waals surface area contributed by atoms with Crippen LogP contribution in [0.25, 0.3) is 0 Å². The molecular formula is C25H30FN3O2S. The van der Waals surface area contributed by atoms with Gasteiger partial charge in [0, 0.05) is 37.8 Å². The molecule has 2 aliphatic rings. The van der Waals surface area contributed by atoms with Crippen molar-refractivity contribution in [2.45, 2.75) is 50.2 Å². The number of rotatable bonds is 6. The van der Waals surface area contributed by atoms with E-state index in [1.54, 1.807) is 17.9 Å². The van der Waals surface area contributed by atoms with Crippen LogP contribution in [0.4, 0.5) is 4.39 Å². The van der Waals surface area contributed by atoms with Gasteiger partial charge in [0.25, 0.3) is 0 Å². The van der Waals surface area contributed by atoms with E-state index in [1.807, 2.05) is 12.1 Å². The molecule has 170 valence electrons. The molecule has 2 saturated heterocycles. The van der Waals surface area contributed by atoms with Gasteiger partial charge in [0.05, 0.1) is 0 Å². The van der Waals surface area contributed by atoms with Crippen molar-refractivity contribution in [2.24, 2.45) is 0 Å². The molecule has 0 spiro atoms. The van der Waals surface area contributed by atoms with Gasteiger partial charge < -0.3 is 10.2 Å². The Bertz CT molecular complexity index is 934. The van der Waals surface area contributed by atoms with E-state index < -0.39 is 6.04 Å². The van der Waals surface area contributed by atoms with Crippen LogP contribution in [0.3, 0.4) is 0 Å². The van der Waals surface area contributed by atoms with E-state index >= 15 is 0 Å². The first-order valence-corrected chi connectivity index (χ1v) is 12.3. The first-order chi connectivity index (χ1) is 15.5. The van der Waals surface area contributed by atoms with Crippen LogP contribution >= 0.6 is 11.8 Å². The molecule has 2 amide bonds. The molecule has 2 atom stereocenters. The average molecular weight is 456 g/mol. The molecule has 2 fully saturated rings. The van der Waals surface area contributed by atoms with Crippen LogP contribution in [0, 0.1) is 5.82 Å². The zero-order valence-electron chi connectivity index (χ0n) is 18.4. The molecule has 2 unspecified atom stereocenters. The Balaban J connectivity index is 1.36. The average Bonchev–Trinajstić information content (AvgIpc) is 3.26. The van der Waals surface area contributed by atoms with Crippen LogP contribution in [-0.2, 0) is 16.1 Å². The van der Waals surface area contributed by atoms with E-state index in [0.29, 0.717) is 12.2 Å². The second kappa shape index (κ2) is 10.5. The first kappa shape index (κ1) is 22.8. The van der Waals surface area contributed by atoms with Gasteiger partial charge in [-0.2, -0.15) is 0 Å². The largest absolute Gasteiger partial charge is 0.351 e. The number of thioether (sulfide) groups is 1. The van der Waals surface area contributed by atoms with E-state index in [2.05, 4.69) is 34.5 Å². The van der Waals surface area contributed by atoms with Crippen molar-refractivity contribution in [3.8, 4) is 0 Å². The van der Waals surface area contributed by atoms with Gasteiger partial charge in [-0.25, -0.2) is 4.39 Å². The number of halogens is 1. The summed E-state index contributed by atoms with van der Waals surface area (Å²) in [6.07, 6.45) is 2.11. The molecule has 4 rings (SSSR count). The minimum absolute atomic E-state index is 0.0814. The maximum Gasteiger partial charge on any atom is 0.243 e. The quantitative estimate of drug-likeness (QED) is 0.717. The maximum absolute atomic E-state index is 13.8. The number of carbonyl (C=O) groups is 2. The lowest BCUT2D eigenvalue weighted by atomic mass is 10.0. The van der Waals surface area contributed by atoms with Crippen molar-refractivity contribution in [1.29, 1.82) is 0 Å². The fourth-order valence-electron chi connectivity index (χ4n) is 4.49. The molecule has 2 heterocycles. The smallest absolute Gasteiger partial charge is 0.243 e. The highest BCUT2D eigenvalue weighted by Gasteiger charge is 2.42. The van der Waals surface area contributed by atoms with Gasteiger partial charge in [-0.1, -0.05) is 49.4 Å². The summed E-state index contributed by atoms with van der Waals surface area (Å²) < 4.78 is 13.8. The van der Waals surface area contributed by atoms with E-state index in [1.165, 1.54) is 29.5 Å². The summed E-state index contributed by atoms with van der Waals surface area (Å²) in [5, 5.41) is 2.86. The number of piperidine rings is 1. The third kappa shape index (κ3) is 5.33. The summed E-state index contributed by atoms with van der Waals surface area (Å²) in [5.41, 5.74) is 2.02. The molecule has 32 heavy (non-hydrogen) atoms. The third-order valence-electron chi connectivity index (χ3n) is 6.21. The lowest BCUT2D eigenvalue weighted by molar-refractivity contribution is -0.140. The van der Waals surface area contributed by atoms with Gasteiger partial charge in [-0.05, 0) is 36.1 Å². The number of hydrogen-bond donors (Lipinski definition) is 1. The second-order valence-corrected chi connectivity index (χ2v) is 9.57. The lowest BCUT2D eigenvalue weighted by Gasteiger charge is -2.34. The minimum Gasteiger partial charge on any atom is -0.351 e. The summed E-state index contributed by atoms with van der Waals surface area (Å²) in [5.74, 6) is 0.00923. The number of likely N-dealkylation sites (tertiary alicyclic amines) is 1. The SMILES string of the molecule is CCC(=O)N1C(C(=O)NC2CCN(Cc3ccccc3)CC2)CSC1c1cccc(F)c1. The Hall–Kier alpha value is -2.38. The number of nitrogens with zero attached hydrogens (tertiary/aromatic N) is 2. The van der Waals surface area contributed by atoms with Gasteiger partial charge in [0.2, 0.25) is 11.8 Å². The molecule has 0 radical (unpaired) electrons. The number of amides is 2. The standard InChI is InChI=1S/C25H30FN3O2S/c1-2-23(30)29-22(17-32-25(29)19-9-6-10-20(26)15-19)24(31)27-21-11-13-28(14-12-21)16-18-7-4-3-5-8-18/h3-10,15,21-22,25H,2,11-14,16-17H2,1H3,(H,27,31). The van der Waals surface area contributed by atoms with Crippen molar-refractivity contribution in [3.63, 3.8) is 0 Å². The Morgan fingerprint density at radius 1 is 1.09 bits per heavy atom. The molecule has 7 heteroatoms. The number of nitrogens with one attached hydrogen (secondary N) is 1. The normalized spacial score (nSPS) is 22.1. The molecule has 2 aromatic carbocycles. The molecule has 0 aromatic heterocycles. The number of benzene rings is 2. The molecule has 0 saturated carbocycles. The molecule has 0 aliphatic carbocycles. The van der Waals surface area contributed by atoms with Gasteiger partial charge in [-0.15, -0.1) is 11.8 Å². The predicted molar refractivity (Wildman–Crippen MR) is 125 cm³/mol. The highest BCUT2D eigenvalue weighted by molar-refractivity contribution is 7.99. The highest BCUT2D eigenvalue weighted by atomic mass is 32.2. The summed E-state index contributed by atoms with van der Waals surface area (Å²) in [6.45, 7) is 4.59. The maximum atomic E-state index is 13.8. The zero-order chi connectivity index (χ0) is 22.5. The highest BCUT2D eigenvalue weighted by Crippen LogP contribution is 2.42. The van der Waals surface area contributed by atoms with Crippen LogP contribution in [0.1, 0.15) is 42.7 Å². The van der Waals surface area contributed by atoms with Crippen molar-refractivity contribution >= 4 is 23.6 Å². The fraction of sp³-hybridized carbons (Fsp3) is 0.440.